The molecule has 1 atom stereocenters. The molecule has 2 fully saturated rings. The Morgan fingerprint density at radius 2 is 1.83 bits per heavy atom. The van der Waals surface area contributed by atoms with E-state index in [0.29, 0.717) is 19.5 Å². The monoisotopic (exact) mass is 404 g/mol. The highest BCUT2D eigenvalue weighted by Crippen LogP contribution is 2.39. The number of aryl methyl sites for hydroxylation is 1. The largest absolute Gasteiger partial charge is 0.356 e. The summed E-state index contributed by atoms with van der Waals surface area (Å²) < 4.78 is 0. The molecule has 1 aliphatic carbocycles. The summed E-state index contributed by atoms with van der Waals surface area (Å²) in [6.07, 6.45) is 4.34. The van der Waals surface area contributed by atoms with Gasteiger partial charge in [0.15, 0.2) is 0 Å². The lowest BCUT2D eigenvalue weighted by Gasteiger charge is -2.42. The van der Waals surface area contributed by atoms with Gasteiger partial charge in [-0.1, -0.05) is 54.1 Å². The lowest BCUT2D eigenvalue weighted by molar-refractivity contribution is -0.142. The molecule has 4 heteroatoms. The minimum Gasteiger partial charge on any atom is -0.356 e. The molecule has 4 nitrogen and oxygen atoms in total. The molecule has 1 unspecified atom stereocenters. The van der Waals surface area contributed by atoms with Crippen molar-refractivity contribution in [1.29, 1.82) is 0 Å². The molecule has 1 N–H and O–H groups in total. The zero-order valence-corrected chi connectivity index (χ0v) is 18.1. The number of nitrogens with zero attached hydrogens (tertiary/aromatic N) is 1. The van der Waals surface area contributed by atoms with E-state index in [4.69, 9.17) is 0 Å². The first-order valence-electron chi connectivity index (χ1n) is 11.2. The van der Waals surface area contributed by atoms with Crippen molar-refractivity contribution in [3.63, 3.8) is 0 Å². The fourth-order valence-electron chi connectivity index (χ4n) is 4.72. The van der Waals surface area contributed by atoms with Gasteiger partial charge >= 0.3 is 0 Å². The van der Waals surface area contributed by atoms with Crippen LogP contribution < -0.4 is 5.32 Å². The fraction of sp³-hybridized carbons (Fsp3) is 0.462. The lowest BCUT2D eigenvalue weighted by atomic mass is 9.73. The Kier molecular flexibility index (Phi) is 5.94. The van der Waals surface area contributed by atoms with E-state index in [1.807, 2.05) is 17.9 Å². The van der Waals surface area contributed by atoms with E-state index >= 15 is 0 Å². The summed E-state index contributed by atoms with van der Waals surface area (Å²) in [5, 5.41) is 3.07. The van der Waals surface area contributed by atoms with E-state index in [2.05, 4.69) is 54.7 Å². The zero-order valence-electron chi connectivity index (χ0n) is 18.1. The quantitative estimate of drug-likeness (QED) is 0.778. The van der Waals surface area contributed by atoms with Crippen molar-refractivity contribution >= 4 is 11.8 Å². The van der Waals surface area contributed by atoms with Gasteiger partial charge in [-0.3, -0.25) is 9.59 Å². The maximum Gasteiger partial charge on any atom is 0.228 e. The highest BCUT2D eigenvalue weighted by Gasteiger charge is 2.45. The topological polar surface area (TPSA) is 49.4 Å². The molecule has 30 heavy (non-hydrogen) atoms. The van der Waals surface area contributed by atoms with Crippen LogP contribution in [-0.2, 0) is 16.0 Å². The van der Waals surface area contributed by atoms with E-state index in [9.17, 15) is 9.59 Å². The standard InChI is InChI=1S/C26H32N2O2/c1-3-27-25(30)26(15-6-16-28(18-26)24(29)21-13-14-21)17-22-7-4-5-8-23(22)20-11-9-19(2)10-12-20/h4-5,7-12,21H,3,6,13-18H2,1-2H3,(H,27,30). The van der Waals surface area contributed by atoms with Gasteiger partial charge in [-0.15, -0.1) is 0 Å². The highest BCUT2D eigenvalue weighted by molar-refractivity contribution is 5.86. The van der Waals surface area contributed by atoms with Gasteiger partial charge in [0.1, 0.15) is 0 Å². The van der Waals surface area contributed by atoms with E-state index in [0.717, 1.165) is 32.2 Å². The average molecular weight is 405 g/mol. The highest BCUT2D eigenvalue weighted by atomic mass is 16.2. The van der Waals surface area contributed by atoms with Crippen LogP contribution >= 0.6 is 0 Å². The summed E-state index contributed by atoms with van der Waals surface area (Å²) in [4.78, 5) is 28.1. The first-order valence-corrected chi connectivity index (χ1v) is 11.2. The predicted octanol–water partition coefficient (Wildman–Crippen LogP) is 4.36. The van der Waals surface area contributed by atoms with Crippen molar-refractivity contribution in [2.45, 2.75) is 46.0 Å². The minimum atomic E-state index is -0.570. The van der Waals surface area contributed by atoms with Crippen molar-refractivity contribution in [2.24, 2.45) is 11.3 Å². The summed E-state index contributed by atoms with van der Waals surface area (Å²) in [6.45, 7) is 5.96. The Labute approximate surface area is 179 Å². The lowest BCUT2D eigenvalue weighted by Crippen LogP contribution is -2.54. The average Bonchev–Trinajstić information content (AvgIpc) is 3.60. The van der Waals surface area contributed by atoms with Gasteiger partial charge in [0.2, 0.25) is 11.8 Å². The third-order valence-electron chi connectivity index (χ3n) is 6.54. The van der Waals surface area contributed by atoms with Crippen LogP contribution in [-0.4, -0.2) is 36.3 Å². The molecule has 0 spiro atoms. The smallest absolute Gasteiger partial charge is 0.228 e. The molecule has 2 aromatic rings. The van der Waals surface area contributed by atoms with Gasteiger partial charge in [0.05, 0.1) is 5.41 Å². The Bertz CT molecular complexity index is 917. The Balaban J connectivity index is 1.67. The van der Waals surface area contributed by atoms with E-state index in [-0.39, 0.29) is 17.7 Å². The second kappa shape index (κ2) is 8.63. The fourth-order valence-corrected chi connectivity index (χ4v) is 4.72. The molecule has 1 aliphatic heterocycles. The molecule has 1 saturated heterocycles. The number of benzene rings is 2. The van der Waals surface area contributed by atoms with Crippen LogP contribution in [0.2, 0.25) is 0 Å². The van der Waals surface area contributed by atoms with Crippen molar-refractivity contribution in [1.82, 2.24) is 10.2 Å². The third-order valence-corrected chi connectivity index (χ3v) is 6.54. The van der Waals surface area contributed by atoms with Gasteiger partial charge in [-0.2, -0.15) is 0 Å². The minimum absolute atomic E-state index is 0.0806. The van der Waals surface area contributed by atoms with Gasteiger partial charge in [-0.05, 0) is 62.6 Å². The van der Waals surface area contributed by atoms with Crippen LogP contribution in [0, 0.1) is 18.3 Å². The SMILES string of the molecule is CCNC(=O)C1(Cc2ccccc2-c2ccc(C)cc2)CCCN(C(=O)C2CC2)C1. The van der Waals surface area contributed by atoms with Gasteiger partial charge in [-0.25, -0.2) is 0 Å². The molecule has 1 saturated carbocycles. The number of hydrogen-bond acceptors (Lipinski definition) is 2. The zero-order chi connectivity index (χ0) is 21.1. The molecule has 2 aliphatic rings. The van der Waals surface area contributed by atoms with E-state index in [1.165, 1.54) is 22.3 Å². The summed E-state index contributed by atoms with van der Waals surface area (Å²) in [6, 6.07) is 16.9. The first kappa shape index (κ1) is 20.6. The van der Waals surface area contributed by atoms with Crippen LogP contribution in [0.3, 0.4) is 0 Å². The molecule has 4 rings (SSSR count). The molecule has 2 aromatic carbocycles. The first-order chi connectivity index (χ1) is 14.5. The molecule has 0 bridgehead atoms. The molecule has 158 valence electrons. The van der Waals surface area contributed by atoms with E-state index < -0.39 is 5.41 Å². The number of carbonyl (C=O) groups excluding carboxylic acids is 2. The van der Waals surface area contributed by atoms with Crippen LogP contribution in [0.25, 0.3) is 11.1 Å². The maximum absolute atomic E-state index is 13.3. The second-order valence-corrected chi connectivity index (χ2v) is 8.98. The molecular formula is C26H32N2O2. The number of rotatable bonds is 6. The predicted molar refractivity (Wildman–Crippen MR) is 120 cm³/mol. The number of piperidine rings is 1. The van der Waals surface area contributed by atoms with Crippen LogP contribution in [0.15, 0.2) is 48.5 Å². The van der Waals surface area contributed by atoms with Crippen LogP contribution in [0.1, 0.15) is 43.7 Å². The molecule has 1 heterocycles. The van der Waals surface area contributed by atoms with Crippen LogP contribution in [0.5, 0.6) is 0 Å². The number of amides is 2. The Morgan fingerprint density at radius 3 is 2.53 bits per heavy atom. The number of hydrogen-bond donors (Lipinski definition) is 1. The summed E-state index contributed by atoms with van der Waals surface area (Å²) in [7, 11) is 0. The van der Waals surface area contributed by atoms with Gasteiger partial charge in [0, 0.05) is 25.6 Å². The number of likely N-dealkylation sites (tertiary alicyclic amines) is 1. The number of carbonyl (C=O) groups is 2. The van der Waals surface area contributed by atoms with E-state index in [1.54, 1.807) is 0 Å². The van der Waals surface area contributed by atoms with Gasteiger partial charge < -0.3 is 10.2 Å². The van der Waals surface area contributed by atoms with Crippen molar-refractivity contribution in [3.8, 4) is 11.1 Å². The Morgan fingerprint density at radius 1 is 1.10 bits per heavy atom. The summed E-state index contributed by atoms with van der Waals surface area (Å²) in [5.41, 5.74) is 4.18. The molecule has 0 aromatic heterocycles. The van der Waals surface area contributed by atoms with Gasteiger partial charge in [0.25, 0.3) is 0 Å². The number of nitrogens with one attached hydrogen (secondary N) is 1. The van der Waals surface area contributed by atoms with Crippen molar-refractivity contribution < 1.29 is 9.59 Å². The normalized spacial score (nSPS) is 21.3. The van der Waals surface area contributed by atoms with Crippen molar-refractivity contribution in [2.75, 3.05) is 19.6 Å². The maximum atomic E-state index is 13.3. The van der Waals surface area contributed by atoms with Crippen molar-refractivity contribution in [3.05, 3.63) is 59.7 Å². The second-order valence-electron chi connectivity index (χ2n) is 8.98. The van der Waals surface area contributed by atoms with Crippen LogP contribution in [0.4, 0.5) is 0 Å². The molecular weight excluding hydrogens is 372 g/mol. The third kappa shape index (κ3) is 4.28. The summed E-state index contributed by atoms with van der Waals surface area (Å²) >= 11 is 0. The summed E-state index contributed by atoms with van der Waals surface area (Å²) in [5.74, 6) is 0.516. The molecule has 2 amide bonds. The Hall–Kier alpha value is -2.62. The molecule has 0 radical (unpaired) electrons.